The molecule has 0 radical (unpaired) electrons. The highest BCUT2D eigenvalue weighted by atomic mass is 32.2. The van der Waals surface area contributed by atoms with Crippen molar-refractivity contribution in [2.45, 2.75) is 286 Å². The van der Waals surface area contributed by atoms with Crippen molar-refractivity contribution in [1.29, 1.82) is 0 Å². The van der Waals surface area contributed by atoms with Gasteiger partial charge < -0.3 is 41.4 Å². The summed E-state index contributed by atoms with van der Waals surface area (Å²) in [6.45, 7) is 68.5. The molecule has 2 aliphatic rings. The lowest BCUT2D eigenvalue weighted by molar-refractivity contribution is -0.355. The first-order valence-corrected chi connectivity index (χ1v) is 42.9. The van der Waals surface area contributed by atoms with E-state index in [0.717, 1.165) is 29.9 Å². The minimum Gasteiger partial charge on any atom is -0.497 e. The molecule has 1 aromatic carbocycles. The van der Waals surface area contributed by atoms with Gasteiger partial charge in [-0.3, -0.25) is 0 Å². The van der Waals surface area contributed by atoms with Crippen molar-refractivity contribution in [1.82, 2.24) is 0 Å². The second-order valence-electron chi connectivity index (χ2n) is 30.4. The summed E-state index contributed by atoms with van der Waals surface area (Å²) in [6.07, 6.45) is 8.84. The molecule has 0 bridgehead atoms. The molecule has 9 nitrogen and oxygen atoms in total. The normalized spacial score (nSPS) is 26.8. The summed E-state index contributed by atoms with van der Waals surface area (Å²) in [6, 6.07) is 7.94. The Hall–Kier alpha value is -0.602. The molecule has 0 aliphatic carbocycles. The molecule has 2 fully saturated rings. The molecule has 2 aliphatic heterocycles. The molecular formula is C64H122O9SSi4. The lowest BCUT2D eigenvalue weighted by Crippen LogP contribution is -2.55. The van der Waals surface area contributed by atoms with E-state index in [4.69, 9.17) is 41.4 Å². The Morgan fingerprint density at radius 2 is 1.19 bits per heavy atom. The summed E-state index contributed by atoms with van der Waals surface area (Å²) in [4.78, 5) is 0. The second kappa shape index (κ2) is 28.5. The van der Waals surface area contributed by atoms with Crippen LogP contribution in [0.2, 0.25) is 72.5 Å². The number of hydrogen-bond acceptors (Lipinski definition) is 10. The summed E-state index contributed by atoms with van der Waals surface area (Å²) in [5.41, 5.74) is 2.47. The van der Waals surface area contributed by atoms with Crippen LogP contribution in [0, 0.1) is 41.4 Å². The van der Waals surface area contributed by atoms with Crippen molar-refractivity contribution < 1.29 is 41.4 Å². The van der Waals surface area contributed by atoms with Crippen molar-refractivity contribution in [3.8, 4) is 5.75 Å². The predicted molar refractivity (Wildman–Crippen MR) is 344 cm³/mol. The van der Waals surface area contributed by atoms with Gasteiger partial charge in [-0.05, 0) is 127 Å². The first-order valence-electron chi connectivity index (χ1n) is 30.3. The Balaban J connectivity index is 2.03. The fourth-order valence-electron chi connectivity index (χ4n) is 10.1. The third kappa shape index (κ3) is 19.7. The molecule has 0 N–H and O–H groups in total. The van der Waals surface area contributed by atoms with Crippen LogP contribution in [0.25, 0.3) is 0 Å². The molecule has 454 valence electrons. The molecular weight excluding hydrogens is 1060 g/mol. The maximum Gasteiger partial charge on any atom is 0.272 e. The number of hydrogen-bond donors (Lipinski definition) is 0. The largest absolute Gasteiger partial charge is 0.497 e. The maximum atomic E-state index is 7.58. The Labute approximate surface area is 489 Å². The fraction of sp³-hybridized carbons (Fsp3) is 0.844. The van der Waals surface area contributed by atoms with Crippen molar-refractivity contribution in [2.24, 2.45) is 41.4 Å². The van der Waals surface area contributed by atoms with E-state index >= 15 is 0 Å². The molecule has 2 saturated heterocycles. The number of allylic oxidation sites excluding steroid dienone is 1. The molecule has 0 saturated carbocycles. The van der Waals surface area contributed by atoms with E-state index in [1.165, 1.54) is 5.57 Å². The molecule has 1 aromatic rings. The molecule has 78 heavy (non-hydrogen) atoms. The van der Waals surface area contributed by atoms with Gasteiger partial charge in [0.05, 0.1) is 56.9 Å². The van der Waals surface area contributed by atoms with Gasteiger partial charge in [0.1, 0.15) is 11.2 Å². The van der Waals surface area contributed by atoms with Gasteiger partial charge in [-0.1, -0.05) is 174 Å². The van der Waals surface area contributed by atoms with Crippen LogP contribution < -0.4 is 4.74 Å². The third-order valence-corrected chi connectivity index (χ3v) is 38.6. The zero-order valence-corrected chi connectivity index (χ0v) is 60.6. The third-order valence-electron chi connectivity index (χ3n) is 19.4. The molecule has 0 aromatic heterocycles. The van der Waals surface area contributed by atoms with E-state index in [1.807, 2.05) is 36.0 Å². The number of methoxy groups -OCH3 is 1. The Morgan fingerprint density at radius 3 is 1.69 bits per heavy atom. The molecule has 1 unspecified atom stereocenters. The highest BCUT2D eigenvalue weighted by Gasteiger charge is 2.50. The van der Waals surface area contributed by atoms with Crippen molar-refractivity contribution >= 4 is 45.0 Å². The van der Waals surface area contributed by atoms with Crippen LogP contribution in [0.3, 0.4) is 0 Å². The van der Waals surface area contributed by atoms with Gasteiger partial charge in [0.2, 0.25) is 0 Å². The van der Waals surface area contributed by atoms with Gasteiger partial charge in [0.15, 0.2) is 33.3 Å². The van der Waals surface area contributed by atoms with Crippen LogP contribution in [0.1, 0.15) is 164 Å². The van der Waals surface area contributed by atoms with E-state index in [1.54, 1.807) is 7.11 Å². The molecule has 14 heteroatoms. The fourth-order valence-corrected chi connectivity index (χ4v) is 16.8. The van der Waals surface area contributed by atoms with E-state index < -0.39 is 39.7 Å². The highest BCUT2D eigenvalue weighted by Crippen LogP contribution is 2.47. The first-order chi connectivity index (χ1) is 35.4. The zero-order chi connectivity index (χ0) is 59.9. The average molecular weight is 1180 g/mol. The smallest absolute Gasteiger partial charge is 0.272 e. The SMILES string of the molecule is CCS[C@H]1O[C@@H](CC(/C=C\[C@H](C)[C@@H](O[Si](C)(C)C(C)(C)C)[C@@H](C)/C=C(/C)C[C@H](C)[C@@H](O[Si](C)(C)C(C)(C)C)[C@H](C)[C@H]2O[C@@H](OCc3ccc(OC)cc3)OC[C@@H]2C)O[Si](C)(C)C(C)(C)C)[C@H](C)[C@H](O[Si](C)(C)C(C)(C)C)[C@H]1C. The van der Waals surface area contributed by atoms with Crippen molar-refractivity contribution in [3.63, 3.8) is 0 Å². The molecule has 0 amide bonds. The number of benzene rings is 1. The number of ether oxygens (including phenoxy) is 5. The summed E-state index contributed by atoms with van der Waals surface area (Å²) in [7, 11) is -7.01. The Kier molecular flexibility index (Phi) is 26.2. The zero-order valence-electron chi connectivity index (χ0n) is 55.8. The average Bonchev–Trinajstić information content (AvgIpc) is 3.30. The quantitative estimate of drug-likeness (QED) is 0.0661. The highest BCUT2D eigenvalue weighted by molar-refractivity contribution is 7.99. The summed E-state index contributed by atoms with van der Waals surface area (Å²) in [5, 5.41) is 0.255. The van der Waals surface area contributed by atoms with Gasteiger partial charge in [0, 0.05) is 30.1 Å². The summed E-state index contributed by atoms with van der Waals surface area (Å²) < 4.78 is 61.7. The van der Waals surface area contributed by atoms with Crippen LogP contribution in [-0.2, 0) is 43.3 Å². The van der Waals surface area contributed by atoms with Gasteiger partial charge in [-0.2, -0.15) is 0 Å². The van der Waals surface area contributed by atoms with Crippen LogP contribution in [-0.4, -0.2) is 101 Å². The monoisotopic (exact) mass is 1180 g/mol. The lowest BCUT2D eigenvalue weighted by atomic mass is 9.81. The second-order valence-corrected chi connectivity index (χ2v) is 50.8. The minimum atomic E-state index is -2.22. The molecule has 3 rings (SSSR count). The molecule has 0 spiro atoms. The lowest BCUT2D eigenvalue weighted by Gasteiger charge is -2.50. The van der Waals surface area contributed by atoms with Crippen LogP contribution in [0.15, 0.2) is 48.1 Å². The first kappa shape index (κ1) is 71.7. The van der Waals surface area contributed by atoms with E-state index in [0.29, 0.717) is 13.2 Å². The topological polar surface area (TPSA) is 83.1 Å². The van der Waals surface area contributed by atoms with E-state index in [9.17, 15) is 0 Å². The molecule has 15 atom stereocenters. The number of thioether (sulfide) groups is 1. The van der Waals surface area contributed by atoms with Crippen LogP contribution in [0.5, 0.6) is 5.75 Å². The molecule has 2 heterocycles. The standard InChI is InChI=1S/C64H122O9SSi4/c1-31-74-59-50(9)58(73-78(29,30)64(19,20)21)48(7)54(68-59)40-53(70-75(23,24)61(10,11)12)35-32-44(3)55(71-76(25,26)62(13,14)15)45(4)38-43(2)39-46(5)57(72-77(27,28)63(16,17)18)49(8)56-47(6)41-66-60(69-56)67-42-51-33-36-52(65-22)37-34-51/h32-38,44-50,53-60H,31,39-42H2,1-30H3/b35-32-,43-38-/t44-,45-,46-,47-,48-,49+,50+,53?,54-,55+,56-,57+,58-,59+,60+/m0/s1. The van der Waals surface area contributed by atoms with Crippen molar-refractivity contribution in [2.75, 3.05) is 19.5 Å². The van der Waals surface area contributed by atoms with Gasteiger partial charge >= 0.3 is 0 Å². The minimum absolute atomic E-state index is 0.00577. The maximum absolute atomic E-state index is 7.58. The number of rotatable bonds is 26. The Morgan fingerprint density at radius 1 is 0.679 bits per heavy atom. The predicted octanol–water partition coefficient (Wildman–Crippen LogP) is 18.7. The Bertz CT molecular complexity index is 2020. The summed E-state index contributed by atoms with van der Waals surface area (Å²) in [5.74, 6) is 3.06. The van der Waals surface area contributed by atoms with Crippen LogP contribution in [0.4, 0.5) is 0 Å². The van der Waals surface area contributed by atoms with Crippen LogP contribution >= 0.6 is 11.8 Å². The summed E-state index contributed by atoms with van der Waals surface area (Å²) >= 11 is 1.92. The van der Waals surface area contributed by atoms with Crippen molar-refractivity contribution in [3.05, 3.63) is 53.6 Å². The van der Waals surface area contributed by atoms with Gasteiger partial charge in [-0.15, -0.1) is 11.8 Å². The van der Waals surface area contributed by atoms with Gasteiger partial charge in [-0.25, -0.2) is 0 Å². The van der Waals surface area contributed by atoms with Gasteiger partial charge in [0.25, 0.3) is 6.48 Å². The van der Waals surface area contributed by atoms with E-state index in [2.05, 4.69) is 216 Å². The van der Waals surface area contributed by atoms with E-state index in [-0.39, 0.29) is 104 Å².